The van der Waals surface area contributed by atoms with Crippen LogP contribution < -0.4 is 5.32 Å². The number of hydrogen-bond acceptors (Lipinski definition) is 6. The van der Waals surface area contributed by atoms with Gasteiger partial charge in [-0.3, -0.25) is 0 Å². The van der Waals surface area contributed by atoms with Gasteiger partial charge in [0.1, 0.15) is 0 Å². The molecule has 0 bridgehead atoms. The van der Waals surface area contributed by atoms with Crippen molar-refractivity contribution in [1.82, 2.24) is 19.2 Å². The van der Waals surface area contributed by atoms with Gasteiger partial charge in [0.15, 0.2) is 0 Å². The molecule has 1 aliphatic carbocycles. The van der Waals surface area contributed by atoms with Crippen molar-refractivity contribution >= 4 is 27.7 Å². The Morgan fingerprint density at radius 3 is 2.43 bits per heavy atom. The van der Waals surface area contributed by atoms with Gasteiger partial charge >= 0.3 is 0 Å². The average Bonchev–Trinajstić information content (AvgIpc) is 2.63. The predicted octanol–water partition coefficient (Wildman–Crippen LogP) is 3.05. The van der Waals surface area contributed by atoms with Gasteiger partial charge in [-0.05, 0) is 31.1 Å². The van der Waals surface area contributed by atoms with Crippen molar-refractivity contribution < 1.29 is 8.42 Å². The zero-order valence-electron chi connectivity index (χ0n) is 18.3. The van der Waals surface area contributed by atoms with Gasteiger partial charge in [0, 0.05) is 49.4 Å². The molecule has 30 heavy (non-hydrogen) atoms. The Hall–Kier alpha value is -1.93. The van der Waals surface area contributed by atoms with Crippen LogP contribution in [0.1, 0.15) is 50.8 Å². The highest BCUT2D eigenvalue weighted by Gasteiger charge is 2.56. The number of likely N-dealkylation sites (tertiary alicyclic amines) is 1. The third kappa shape index (κ3) is 4.12. The summed E-state index contributed by atoms with van der Waals surface area (Å²) < 4.78 is 24.9. The minimum absolute atomic E-state index is 0.156. The van der Waals surface area contributed by atoms with Crippen LogP contribution in [0.25, 0.3) is 11.8 Å². The SMILES string of the molecule is C=Cc1cnc(NC2CCN(S(C)(=O)=O)CC2)nc1C(=C)N1CC2(C1)CC(C)(C)C2. The van der Waals surface area contributed by atoms with E-state index in [2.05, 4.69) is 42.2 Å². The Balaban J connectivity index is 1.40. The number of anilines is 1. The quantitative estimate of drug-likeness (QED) is 0.746. The number of aromatic nitrogens is 2. The molecule has 1 saturated carbocycles. The average molecular weight is 432 g/mol. The molecule has 0 radical (unpaired) electrons. The predicted molar refractivity (Wildman–Crippen MR) is 121 cm³/mol. The zero-order valence-corrected chi connectivity index (χ0v) is 19.1. The van der Waals surface area contributed by atoms with Crippen molar-refractivity contribution in [1.29, 1.82) is 0 Å². The van der Waals surface area contributed by atoms with Crippen molar-refractivity contribution in [2.24, 2.45) is 10.8 Å². The molecule has 7 nitrogen and oxygen atoms in total. The molecule has 1 spiro atoms. The second-order valence-electron chi connectivity index (χ2n) is 10.1. The maximum Gasteiger partial charge on any atom is 0.223 e. The summed E-state index contributed by atoms with van der Waals surface area (Å²) in [5.74, 6) is 0.564. The van der Waals surface area contributed by atoms with Gasteiger partial charge in [-0.25, -0.2) is 22.7 Å². The van der Waals surface area contributed by atoms with E-state index in [4.69, 9.17) is 4.98 Å². The second-order valence-corrected chi connectivity index (χ2v) is 12.1. The molecule has 2 saturated heterocycles. The summed E-state index contributed by atoms with van der Waals surface area (Å²) in [4.78, 5) is 11.5. The summed E-state index contributed by atoms with van der Waals surface area (Å²) in [6.45, 7) is 16.0. The number of sulfonamides is 1. The lowest BCUT2D eigenvalue weighted by molar-refractivity contribution is -0.105. The Morgan fingerprint density at radius 1 is 1.27 bits per heavy atom. The molecule has 4 rings (SSSR count). The second kappa shape index (κ2) is 7.34. The normalized spacial score (nSPS) is 23.5. The Morgan fingerprint density at radius 2 is 1.90 bits per heavy atom. The molecule has 0 unspecified atom stereocenters. The first-order valence-corrected chi connectivity index (χ1v) is 12.5. The van der Waals surface area contributed by atoms with Crippen molar-refractivity contribution in [3.8, 4) is 0 Å². The Bertz CT molecular complexity index is 948. The van der Waals surface area contributed by atoms with Crippen LogP contribution >= 0.6 is 0 Å². The van der Waals surface area contributed by atoms with Crippen LogP contribution in [0.3, 0.4) is 0 Å². The van der Waals surface area contributed by atoms with Gasteiger partial charge in [0.2, 0.25) is 16.0 Å². The van der Waals surface area contributed by atoms with E-state index in [1.165, 1.54) is 23.4 Å². The third-order valence-corrected chi connectivity index (χ3v) is 8.01. The van der Waals surface area contributed by atoms with E-state index >= 15 is 0 Å². The number of rotatable bonds is 6. The molecule has 2 aliphatic heterocycles. The Labute approximate surface area is 180 Å². The lowest BCUT2D eigenvalue weighted by Gasteiger charge is -2.63. The van der Waals surface area contributed by atoms with E-state index in [1.807, 2.05) is 0 Å². The molecule has 8 heteroatoms. The number of nitrogens with zero attached hydrogens (tertiary/aromatic N) is 4. The highest BCUT2D eigenvalue weighted by molar-refractivity contribution is 7.88. The maximum absolute atomic E-state index is 11.7. The molecule has 0 atom stereocenters. The summed E-state index contributed by atoms with van der Waals surface area (Å²) >= 11 is 0. The Kier molecular flexibility index (Phi) is 5.21. The first-order chi connectivity index (χ1) is 14.0. The molecule has 3 fully saturated rings. The summed E-state index contributed by atoms with van der Waals surface area (Å²) in [5.41, 5.74) is 3.57. The van der Waals surface area contributed by atoms with E-state index in [0.717, 1.165) is 42.9 Å². The van der Waals surface area contributed by atoms with E-state index in [0.29, 0.717) is 29.9 Å². The number of nitrogens with one attached hydrogen (secondary N) is 1. The van der Waals surface area contributed by atoms with Crippen molar-refractivity contribution in [2.75, 3.05) is 37.8 Å². The molecule has 1 aromatic heterocycles. The molecule has 3 aliphatic rings. The standard InChI is InChI=1S/C22H33N5O2S/c1-6-17-11-23-20(24-18-7-9-27(10-8-18)30(5,28)29)25-19(17)16(2)26-14-22(15-26)12-21(3,4)13-22/h6,11,18H,1-2,7-10,12-15H2,3-5H3,(H,23,24,25). The first-order valence-electron chi connectivity index (χ1n) is 10.7. The molecule has 1 N–H and O–H groups in total. The molecule has 0 amide bonds. The molecular weight excluding hydrogens is 398 g/mol. The van der Waals surface area contributed by atoms with Gasteiger partial charge in [-0.15, -0.1) is 0 Å². The highest BCUT2D eigenvalue weighted by Crippen LogP contribution is 2.59. The van der Waals surface area contributed by atoms with E-state index in [-0.39, 0.29) is 6.04 Å². The van der Waals surface area contributed by atoms with Crippen molar-refractivity contribution in [3.05, 3.63) is 30.6 Å². The van der Waals surface area contributed by atoms with Gasteiger partial charge in [0.05, 0.1) is 17.6 Å². The molecule has 0 aromatic carbocycles. The molecular formula is C22H33N5O2S. The van der Waals surface area contributed by atoms with Gasteiger partial charge in [-0.1, -0.05) is 33.1 Å². The lowest BCUT2D eigenvalue weighted by atomic mass is 9.51. The van der Waals surface area contributed by atoms with Crippen LogP contribution in [0.2, 0.25) is 0 Å². The van der Waals surface area contributed by atoms with Crippen LogP contribution in [0.5, 0.6) is 0 Å². The van der Waals surface area contributed by atoms with Crippen LogP contribution in [0, 0.1) is 10.8 Å². The van der Waals surface area contributed by atoms with Gasteiger partial charge in [-0.2, -0.15) is 0 Å². The topological polar surface area (TPSA) is 78.4 Å². The maximum atomic E-state index is 11.7. The minimum Gasteiger partial charge on any atom is -0.369 e. The molecule has 3 heterocycles. The largest absolute Gasteiger partial charge is 0.369 e. The fourth-order valence-corrected chi connectivity index (χ4v) is 6.54. The van der Waals surface area contributed by atoms with Crippen LogP contribution in [0.4, 0.5) is 5.95 Å². The lowest BCUT2D eigenvalue weighted by Crippen LogP contribution is -2.63. The zero-order chi connectivity index (χ0) is 21.7. The molecule has 164 valence electrons. The third-order valence-electron chi connectivity index (χ3n) is 6.71. The van der Waals surface area contributed by atoms with Gasteiger partial charge < -0.3 is 10.2 Å². The van der Waals surface area contributed by atoms with Crippen molar-refractivity contribution in [2.45, 2.75) is 45.6 Å². The monoisotopic (exact) mass is 431 g/mol. The highest BCUT2D eigenvalue weighted by atomic mass is 32.2. The first kappa shape index (κ1) is 21.3. The summed E-state index contributed by atoms with van der Waals surface area (Å²) in [5, 5.41) is 3.39. The van der Waals surface area contributed by atoms with E-state index in [1.54, 1.807) is 12.3 Å². The smallest absolute Gasteiger partial charge is 0.223 e. The summed E-state index contributed by atoms with van der Waals surface area (Å²) in [6.07, 6.45) is 8.86. The minimum atomic E-state index is -3.12. The fraction of sp³-hybridized carbons (Fsp3) is 0.636. The van der Waals surface area contributed by atoms with Crippen LogP contribution in [0.15, 0.2) is 19.4 Å². The van der Waals surface area contributed by atoms with Crippen LogP contribution in [-0.4, -0.2) is 66.1 Å². The molecule has 1 aromatic rings. The number of hydrogen-bond donors (Lipinski definition) is 1. The van der Waals surface area contributed by atoms with E-state index < -0.39 is 10.0 Å². The summed E-state index contributed by atoms with van der Waals surface area (Å²) in [6, 6.07) is 0.156. The summed E-state index contributed by atoms with van der Waals surface area (Å²) in [7, 11) is -3.12. The van der Waals surface area contributed by atoms with Gasteiger partial charge in [0.25, 0.3) is 0 Å². The van der Waals surface area contributed by atoms with Crippen LogP contribution in [-0.2, 0) is 10.0 Å². The fourth-order valence-electron chi connectivity index (χ4n) is 5.66. The number of piperidine rings is 1. The van der Waals surface area contributed by atoms with E-state index in [9.17, 15) is 8.42 Å². The van der Waals surface area contributed by atoms with Crippen molar-refractivity contribution in [3.63, 3.8) is 0 Å².